The Bertz CT molecular complexity index is 1680. The molecular weight excluding hydrogens is 669 g/mol. The monoisotopic (exact) mass is 723 g/mol. The molecule has 0 aliphatic carbocycles. The van der Waals surface area contributed by atoms with Crippen molar-refractivity contribution in [2.45, 2.75) is 96.4 Å². The number of anilines is 3. The summed E-state index contributed by atoms with van der Waals surface area (Å²) in [4.78, 5) is 45.3. The molecule has 2 atom stereocenters. The fraction of sp³-hybridized carbons (Fsp3) is 0.649. The van der Waals surface area contributed by atoms with Crippen LogP contribution in [0.5, 0.6) is 0 Å². The highest BCUT2D eigenvalue weighted by molar-refractivity contribution is 6.07. The number of rotatable bonds is 12. The van der Waals surface area contributed by atoms with Gasteiger partial charge >= 0.3 is 6.09 Å². The molecule has 3 aromatic heterocycles. The summed E-state index contributed by atoms with van der Waals surface area (Å²) < 4.78 is 33.2. The predicted molar refractivity (Wildman–Crippen MR) is 197 cm³/mol. The molecule has 0 aromatic carbocycles. The van der Waals surface area contributed by atoms with Crippen LogP contribution in [0.3, 0.4) is 0 Å². The minimum atomic E-state index is -1.11. The lowest BCUT2D eigenvalue weighted by Gasteiger charge is -2.39. The largest absolute Gasteiger partial charge is 0.444 e. The van der Waals surface area contributed by atoms with Crippen molar-refractivity contribution in [3.8, 4) is 0 Å². The molecule has 3 aliphatic rings. The molecule has 14 nitrogen and oxygen atoms in total. The van der Waals surface area contributed by atoms with Crippen LogP contribution in [0.4, 0.5) is 26.8 Å². The summed E-state index contributed by atoms with van der Waals surface area (Å²) in [6.07, 6.45) is 6.82. The van der Waals surface area contributed by atoms with Crippen molar-refractivity contribution in [3.05, 3.63) is 36.3 Å². The second-order valence-electron chi connectivity index (χ2n) is 15.3. The number of piperidine rings is 2. The standard InChI is InChI=1S/C37H54FN9O5/c1-24(2)47-22-28(27-19-40-33(18-30(27)47)42-32-8-12-39-35(43-32)45-16-11-31(50-6)29(38)23-45)34(48)41-25-9-14-44(15-10-25)13-7-17-51-26-20-46(21-26)36(49)52-37(3,4)5/h8,12,18-19,22,24-26,29,31H,7,9-11,13-17,20-21,23H2,1-6H3,(H,41,48)(H,39,40,42,43)/t29-,31+/m1/s1. The second-order valence-corrected chi connectivity index (χ2v) is 15.3. The number of aromatic nitrogens is 4. The van der Waals surface area contributed by atoms with Gasteiger partial charge in [-0.05, 0) is 66.4 Å². The van der Waals surface area contributed by atoms with E-state index in [0.29, 0.717) is 55.8 Å². The number of alkyl halides is 1. The molecule has 3 aromatic rings. The summed E-state index contributed by atoms with van der Waals surface area (Å²) in [6, 6.07) is 3.90. The third-order valence-corrected chi connectivity index (χ3v) is 9.88. The number of fused-ring (bicyclic) bond motifs is 1. The minimum absolute atomic E-state index is 0.0717. The summed E-state index contributed by atoms with van der Waals surface area (Å²) in [5, 5.41) is 7.34. The molecule has 52 heavy (non-hydrogen) atoms. The van der Waals surface area contributed by atoms with Gasteiger partial charge in [0, 0.05) is 82.0 Å². The van der Waals surface area contributed by atoms with Crippen LogP contribution in [-0.4, -0.2) is 131 Å². The van der Waals surface area contributed by atoms with Gasteiger partial charge in [0.25, 0.3) is 5.91 Å². The zero-order chi connectivity index (χ0) is 37.0. The van der Waals surface area contributed by atoms with Gasteiger partial charge in [-0.1, -0.05) is 0 Å². The maximum Gasteiger partial charge on any atom is 0.410 e. The van der Waals surface area contributed by atoms with Crippen LogP contribution in [0.2, 0.25) is 0 Å². The molecule has 6 rings (SSSR count). The Morgan fingerprint density at radius 1 is 1.06 bits per heavy atom. The minimum Gasteiger partial charge on any atom is -0.444 e. The summed E-state index contributed by atoms with van der Waals surface area (Å²) >= 11 is 0. The first-order chi connectivity index (χ1) is 24.9. The molecule has 6 heterocycles. The first kappa shape index (κ1) is 37.7. The number of likely N-dealkylation sites (tertiary alicyclic amines) is 2. The number of hydrogen-bond donors (Lipinski definition) is 2. The van der Waals surface area contributed by atoms with Crippen LogP contribution in [-0.2, 0) is 14.2 Å². The number of halogens is 1. The van der Waals surface area contributed by atoms with Gasteiger partial charge in [0.05, 0.1) is 42.9 Å². The average molecular weight is 724 g/mol. The van der Waals surface area contributed by atoms with Gasteiger partial charge in [-0.25, -0.2) is 19.2 Å². The van der Waals surface area contributed by atoms with Crippen LogP contribution in [0.1, 0.15) is 76.7 Å². The smallest absolute Gasteiger partial charge is 0.410 e. The number of hydrogen-bond acceptors (Lipinski definition) is 11. The highest BCUT2D eigenvalue weighted by Gasteiger charge is 2.34. The molecule has 3 aliphatic heterocycles. The Labute approximate surface area is 305 Å². The maximum atomic E-state index is 14.5. The molecule has 2 amide bonds. The van der Waals surface area contributed by atoms with Gasteiger partial charge in [0.15, 0.2) is 0 Å². The highest BCUT2D eigenvalue weighted by atomic mass is 19.1. The number of nitrogens with zero attached hydrogens (tertiary/aromatic N) is 7. The Kier molecular flexibility index (Phi) is 11.8. The maximum absolute atomic E-state index is 14.5. The van der Waals surface area contributed by atoms with E-state index in [1.165, 1.54) is 7.11 Å². The van der Waals surface area contributed by atoms with Crippen LogP contribution >= 0.6 is 0 Å². The Balaban J connectivity index is 0.976. The van der Waals surface area contributed by atoms with E-state index in [1.807, 2.05) is 37.9 Å². The van der Waals surface area contributed by atoms with E-state index in [0.717, 1.165) is 49.8 Å². The van der Waals surface area contributed by atoms with Crippen LogP contribution in [0, 0.1) is 0 Å². The van der Waals surface area contributed by atoms with Crippen LogP contribution in [0.25, 0.3) is 10.9 Å². The molecule has 3 fully saturated rings. The third kappa shape index (κ3) is 9.28. The van der Waals surface area contributed by atoms with E-state index in [-0.39, 0.29) is 36.7 Å². The topological polar surface area (TPSA) is 139 Å². The molecule has 284 valence electrons. The van der Waals surface area contributed by atoms with E-state index in [9.17, 15) is 14.0 Å². The molecule has 15 heteroatoms. The van der Waals surface area contributed by atoms with E-state index in [4.69, 9.17) is 14.2 Å². The van der Waals surface area contributed by atoms with E-state index < -0.39 is 17.9 Å². The van der Waals surface area contributed by atoms with Crippen LogP contribution < -0.4 is 15.5 Å². The average Bonchev–Trinajstić information content (AvgIpc) is 3.47. The SMILES string of the molecule is CO[C@H]1CCN(c2nccc(Nc3cc4c(cn3)c(C(=O)NC3CCN(CCCOC5CN(C(=O)OC(C)(C)C)C5)CC3)cn4C(C)C)n2)C[C@H]1F. The number of pyridine rings is 1. The van der Waals surface area contributed by atoms with Crippen molar-refractivity contribution >= 4 is 40.5 Å². The van der Waals surface area contributed by atoms with Gasteiger partial charge in [-0.2, -0.15) is 4.98 Å². The van der Waals surface area contributed by atoms with Crippen molar-refractivity contribution in [3.63, 3.8) is 0 Å². The Morgan fingerprint density at radius 3 is 2.52 bits per heavy atom. The molecule has 0 bridgehead atoms. The Morgan fingerprint density at radius 2 is 1.83 bits per heavy atom. The zero-order valence-corrected chi connectivity index (χ0v) is 31.3. The number of carbonyl (C=O) groups is 2. The molecule has 0 radical (unpaired) electrons. The highest BCUT2D eigenvalue weighted by Crippen LogP contribution is 2.28. The van der Waals surface area contributed by atoms with Gasteiger partial charge in [0.1, 0.15) is 23.4 Å². The first-order valence-corrected chi connectivity index (χ1v) is 18.5. The van der Waals surface area contributed by atoms with E-state index in [1.54, 1.807) is 23.4 Å². The van der Waals surface area contributed by atoms with E-state index >= 15 is 0 Å². The van der Waals surface area contributed by atoms with Crippen molar-refractivity contribution in [2.24, 2.45) is 0 Å². The molecule has 0 unspecified atom stereocenters. The number of nitrogens with one attached hydrogen (secondary N) is 2. The lowest BCUT2D eigenvalue weighted by molar-refractivity contribution is -0.0645. The van der Waals surface area contributed by atoms with Crippen molar-refractivity contribution < 1.29 is 28.2 Å². The number of ether oxygens (including phenoxy) is 3. The van der Waals surface area contributed by atoms with E-state index in [2.05, 4.69) is 48.9 Å². The quantitative estimate of drug-likeness (QED) is 0.246. The van der Waals surface area contributed by atoms with Gasteiger partial charge in [-0.3, -0.25) is 4.79 Å². The van der Waals surface area contributed by atoms with Crippen molar-refractivity contribution in [1.82, 2.24) is 34.6 Å². The summed E-state index contributed by atoms with van der Waals surface area (Å²) in [7, 11) is 1.54. The molecule has 3 saturated heterocycles. The Hall–Kier alpha value is -4.08. The number of methoxy groups -OCH3 is 1. The van der Waals surface area contributed by atoms with Gasteiger partial charge in [0.2, 0.25) is 5.95 Å². The molecule has 0 saturated carbocycles. The summed E-state index contributed by atoms with van der Waals surface area (Å²) in [5.41, 5.74) is 1.01. The fourth-order valence-corrected chi connectivity index (χ4v) is 6.97. The van der Waals surface area contributed by atoms with Crippen molar-refractivity contribution in [1.29, 1.82) is 0 Å². The first-order valence-electron chi connectivity index (χ1n) is 18.5. The van der Waals surface area contributed by atoms with Crippen molar-refractivity contribution in [2.75, 3.05) is 69.7 Å². The lowest BCUT2D eigenvalue weighted by Crippen LogP contribution is -2.56. The van der Waals surface area contributed by atoms with Crippen LogP contribution in [0.15, 0.2) is 30.7 Å². The lowest BCUT2D eigenvalue weighted by atomic mass is 10.0. The normalized spacial score (nSPS) is 20.7. The number of carbonyl (C=O) groups excluding carboxylic acids is 2. The predicted octanol–water partition coefficient (Wildman–Crippen LogP) is 4.93. The number of amides is 2. The second kappa shape index (κ2) is 16.3. The third-order valence-electron chi connectivity index (χ3n) is 9.88. The fourth-order valence-electron chi connectivity index (χ4n) is 6.97. The van der Waals surface area contributed by atoms with Gasteiger partial charge < -0.3 is 44.1 Å². The summed E-state index contributed by atoms with van der Waals surface area (Å²) in [6.45, 7) is 15.1. The summed E-state index contributed by atoms with van der Waals surface area (Å²) in [5.74, 6) is 1.49. The van der Waals surface area contributed by atoms with Gasteiger partial charge in [-0.15, -0.1) is 0 Å². The molecular formula is C37H54FN9O5. The molecule has 0 spiro atoms. The zero-order valence-electron chi connectivity index (χ0n) is 31.3. The molecule has 2 N–H and O–H groups in total.